The molecule has 1 unspecified atom stereocenters. The molecule has 21 heavy (non-hydrogen) atoms. The van der Waals surface area contributed by atoms with Crippen LogP contribution in [0.2, 0.25) is 0 Å². The molecule has 2 aromatic carbocycles. The average Bonchev–Trinajstić information content (AvgIpc) is 2.73. The molecule has 0 saturated carbocycles. The van der Waals surface area contributed by atoms with Crippen molar-refractivity contribution in [3.05, 3.63) is 57.8 Å². The first-order valence-corrected chi connectivity index (χ1v) is 7.54. The predicted octanol–water partition coefficient (Wildman–Crippen LogP) is 3.80. The van der Waals surface area contributed by atoms with E-state index < -0.39 is 6.04 Å². The first-order valence-electron chi connectivity index (χ1n) is 6.75. The molecule has 0 aliphatic carbocycles. The van der Waals surface area contributed by atoms with Gasteiger partial charge in [-0.05, 0) is 51.3 Å². The Balaban J connectivity index is 1.92. The molecular formula is C16H15BrFNO2. The molecule has 0 radical (unpaired) electrons. The molecular weight excluding hydrogens is 337 g/mol. The number of benzene rings is 2. The summed E-state index contributed by atoms with van der Waals surface area (Å²) < 4.78 is 25.3. The predicted molar refractivity (Wildman–Crippen MR) is 82.2 cm³/mol. The Morgan fingerprint density at radius 3 is 2.43 bits per heavy atom. The summed E-state index contributed by atoms with van der Waals surface area (Å²) in [6.07, 6.45) is 0.855. The molecule has 0 spiro atoms. The first kappa shape index (κ1) is 14.4. The number of hydrogen-bond acceptors (Lipinski definition) is 3. The molecule has 1 aliphatic heterocycles. The van der Waals surface area contributed by atoms with Gasteiger partial charge in [-0.1, -0.05) is 12.1 Å². The lowest BCUT2D eigenvalue weighted by Crippen LogP contribution is -2.12. The van der Waals surface area contributed by atoms with Gasteiger partial charge in [-0.3, -0.25) is 0 Å². The van der Waals surface area contributed by atoms with E-state index in [4.69, 9.17) is 15.2 Å². The van der Waals surface area contributed by atoms with E-state index in [1.807, 2.05) is 18.2 Å². The van der Waals surface area contributed by atoms with Gasteiger partial charge in [0.15, 0.2) is 11.5 Å². The van der Waals surface area contributed by atoms with Crippen LogP contribution in [0.1, 0.15) is 23.6 Å². The molecule has 1 aliphatic rings. The summed E-state index contributed by atoms with van der Waals surface area (Å²) in [5.74, 6) is 1.10. The number of halogens is 2. The van der Waals surface area contributed by atoms with Crippen molar-refractivity contribution in [1.29, 1.82) is 0 Å². The molecule has 1 atom stereocenters. The van der Waals surface area contributed by atoms with Crippen molar-refractivity contribution >= 4 is 15.9 Å². The second-order valence-corrected chi connectivity index (χ2v) is 5.76. The van der Waals surface area contributed by atoms with Crippen LogP contribution in [0.5, 0.6) is 11.5 Å². The van der Waals surface area contributed by atoms with Gasteiger partial charge in [-0.25, -0.2) is 4.39 Å². The normalized spacial score (nSPS) is 15.4. The van der Waals surface area contributed by atoms with E-state index in [0.29, 0.717) is 29.0 Å². The number of ether oxygens (including phenoxy) is 2. The molecule has 3 nitrogen and oxygen atoms in total. The van der Waals surface area contributed by atoms with Crippen LogP contribution in [0, 0.1) is 5.82 Å². The first-order chi connectivity index (χ1) is 10.1. The Morgan fingerprint density at radius 2 is 1.67 bits per heavy atom. The summed E-state index contributed by atoms with van der Waals surface area (Å²) in [7, 11) is 0. The van der Waals surface area contributed by atoms with E-state index in [1.165, 1.54) is 6.07 Å². The fourth-order valence-corrected chi connectivity index (χ4v) is 2.52. The Bertz CT molecular complexity index is 663. The highest BCUT2D eigenvalue weighted by Gasteiger charge is 2.16. The summed E-state index contributed by atoms with van der Waals surface area (Å²) in [4.78, 5) is 0. The van der Waals surface area contributed by atoms with Gasteiger partial charge in [-0.15, -0.1) is 0 Å². The maximum Gasteiger partial charge on any atom is 0.161 e. The summed E-state index contributed by atoms with van der Waals surface area (Å²) >= 11 is 3.14. The molecule has 2 N–H and O–H groups in total. The van der Waals surface area contributed by atoms with Crippen molar-refractivity contribution in [1.82, 2.24) is 0 Å². The van der Waals surface area contributed by atoms with E-state index in [2.05, 4.69) is 15.9 Å². The molecule has 0 bridgehead atoms. The average molecular weight is 352 g/mol. The van der Waals surface area contributed by atoms with Gasteiger partial charge in [-0.2, -0.15) is 0 Å². The van der Waals surface area contributed by atoms with Gasteiger partial charge in [0, 0.05) is 6.42 Å². The maximum absolute atomic E-state index is 13.6. The minimum atomic E-state index is -0.412. The minimum Gasteiger partial charge on any atom is -0.490 e. The SMILES string of the molecule is NC(c1ccc(Br)c(F)c1)c1ccc2c(c1)OCCCO2. The third kappa shape index (κ3) is 3.04. The quantitative estimate of drug-likeness (QED) is 0.894. The lowest BCUT2D eigenvalue weighted by Gasteiger charge is -2.15. The largest absolute Gasteiger partial charge is 0.490 e. The Kier molecular flexibility index (Phi) is 4.12. The number of nitrogens with two attached hydrogens (primary N) is 1. The molecule has 0 aromatic heterocycles. The molecule has 0 saturated heterocycles. The summed E-state index contributed by atoms with van der Waals surface area (Å²) in [6, 6.07) is 10.1. The summed E-state index contributed by atoms with van der Waals surface area (Å²) in [5, 5.41) is 0. The van der Waals surface area contributed by atoms with E-state index in [1.54, 1.807) is 12.1 Å². The van der Waals surface area contributed by atoms with Gasteiger partial charge in [0.1, 0.15) is 5.82 Å². The van der Waals surface area contributed by atoms with Gasteiger partial charge in [0.05, 0.1) is 23.7 Å². The zero-order valence-electron chi connectivity index (χ0n) is 11.3. The van der Waals surface area contributed by atoms with Gasteiger partial charge < -0.3 is 15.2 Å². The number of fused-ring (bicyclic) bond motifs is 1. The Morgan fingerprint density at radius 1 is 1.00 bits per heavy atom. The third-order valence-corrected chi connectivity index (χ3v) is 4.08. The van der Waals surface area contributed by atoms with Crippen LogP contribution in [-0.2, 0) is 0 Å². The highest BCUT2D eigenvalue weighted by Crippen LogP contribution is 2.33. The van der Waals surface area contributed by atoms with Crippen LogP contribution in [0.15, 0.2) is 40.9 Å². The monoisotopic (exact) mass is 351 g/mol. The number of rotatable bonds is 2. The standard InChI is InChI=1S/C16H15BrFNO2/c17-12-4-2-10(8-13(12)18)16(19)11-3-5-14-15(9-11)21-7-1-6-20-14/h2-5,8-9,16H,1,6-7,19H2. The van der Waals surface area contributed by atoms with Crippen LogP contribution in [0.3, 0.4) is 0 Å². The minimum absolute atomic E-state index is 0.322. The van der Waals surface area contributed by atoms with Crippen LogP contribution in [0.4, 0.5) is 4.39 Å². The highest BCUT2D eigenvalue weighted by molar-refractivity contribution is 9.10. The fourth-order valence-electron chi connectivity index (χ4n) is 2.27. The van der Waals surface area contributed by atoms with E-state index in [0.717, 1.165) is 17.7 Å². The maximum atomic E-state index is 13.6. The highest BCUT2D eigenvalue weighted by atomic mass is 79.9. The van der Waals surface area contributed by atoms with Gasteiger partial charge in [0.2, 0.25) is 0 Å². The molecule has 3 rings (SSSR count). The number of hydrogen-bond donors (Lipinski definition) is 1. The second-order valence-electron chi connectivity index (χ2n) is 4.91. The third-order valence-electron chi connectivity index (χ3n) is 3.43. The van der Waals surface area contributed by atoms with E-state index in [-0.39, 0.29) is 5.82 Å². The van der Waals surface area contributed by atoms with E-state index >= 15 is 0 Å². The summed E-state index contributed by atoms with van der Waals surface area (Å²) in [6.45, 7) is 1.27. The van der Waals surface area contributed by atoms with Crippen molar-refractivity contribution in [2.75, 3.05) is 13.2 Å². The zero-order chi connectivity index (χ0) is 14.8. The fraction of sp³-hybridized carbons (Fsp3) is 0.250. The van der Waals surface area contributed by atoms with Crippen LogP contribution < -0.4 is 15.2 Å². The molecule has 5 heteroatoms. The van der Waals surface area contributed by atoms with E-state index in [9.17, 15) is 4.39 Å². The molecule has 110 valence electrons. The smallest absolute Gasteiger partial charge is 0.161 e. The van der Waals surface area contributed by atoms with Gasteiger partial charge in [0.25, 0.3) is 0 Å². The topological polar surface area (TPSA) is 44.5 Å². The molecule has 2 aromatic rings. The van der Waals surface area contributed by atoms with Crippen molar-refractivity contribution in [3.63, 3.8) is 0 Å². The zero-order valence-corrected chi connectivity index (χ0v) is 12.9. The molecule has 0 fully saturated rings. The summed E-state index contributed by atoms with van der Waals surface area (Å²) in [5.41, 5.74) is 7.80. The van der Waals surface area contributed by atoms with Gasteiger partial charge >= 0.3 is 0 Å². The van der Waals surface area contributed by atoms with Crippen LogP contribution >= 0.6 is 15.9 Å². The van der Waals surface area contributed by atoms with Crippen molar-refractivity contribution in [2.24, 2.45) is 5.73 Å². The second kappa shape index (κ2) is 6.03. The van der Waals surface area contributed by atoms with Crippen LogP contribution in [-0.4, -0.2) is 13.2 Å². The van der Waals surface area contributed by atoms with Crippen LogP contribution in [0.25, 0.3) is 0 Å². The van der Waals surface area contributed by atoms with Crippen molar-refractivity contribution in [3.8, 4) is 11.5 Å². The molecule has 1 heterocycles. The molecule has 0 amide bonds. The van der Waals surface area contributed by atoms with Crippen molar-refractivity contribution < 1.29 is 13.9 Å². The Labute approximate surface area is 131 Å². The lowest BCUT2D eigenvalue weighted by atomic mass is 9.99. The Hall–Kier alpha value is -1.59. The van der Waals surface area contributed by atoms with Crippen molar-refractivity contribution in [2.45, 2.75) is 12.5 Å². The lowest BCUT2D eigenvalue weighted by molar-refractivity contribution is 0.297.